The van der Waals surface area contributed by atoms with Crippen LogP contribution in [0.3, 0.4) is 0 Å². The maximum atomic E-state index is 4.87. The van der Waals surface area contributed by atoms with Crippen LogP contribution in [0.25, 0.3) is 0 Å². The fraction of sp³-hybridized carbons (Fsp3) is 0.143. The van der Waals surface area contributed by atoms with E-state index in [1.165, 1.54) is 12.0 Å². The van der Waals surface area contributed by atoms with Crippen molar-refractivity contribution in [3.05, 3.63) is 28.7 Å². The number of halogens is 1. The Bertz CT molecular complexity index is 197. The van der Waals surface area contributed by atoms with Crippen molar-refractivity contribution in [1.82, 2.24) is 0 Å². The molecule has 0 radical (unpaired) electrons. The molecule has 0 spiro atoms. The molecule has 0 N–H and O–H groups in total. The molecule has 0 fully saturated rings. The van der Waals surface area contributed by atoms with E-state index in [0.29, 0.717) is 0 Å². The summed E-state index contributed by atoms with van der Waals surface area (Å²) in [6.07, 6.45) is 0. The first-order chi connectivity index (χ1) is 4.83. The molecule has 0 amide bonds. The highest BCUT2D eigenvalue weighted by atomic mass is 79.9. The predicted octanol–water partition coefficient (Wildman–Crippen LogP) is 3.10. The van der Waals surface area contributed by atoms with Gasteiger partial charge in [0.15, 0.2) is 0 Å². The predicted molar refractivity (Wildman–Crippen MR) is 47.0 cm³/mol. The van der Waals surface area contributed by atoms with Crippen molar-refractivity contribution in [3.63, 3.8) is 0 Å². The minimum atomic E-state index is 1.09. The minimum Gasteiger partial charge on any atom is -0.314 e. The molecule has 54 valence electrons. The molecule has 1 aromatic rings. The largest absolute Gasteiger partial charge is 0.314 e. The van der Waals surface area contributed by atoms with E-state index in [1.54, 1.807) is 7.11 Å². The quantitative estimate of drug-likeness (QED) is 0.707. The topological polar surface area (TPSA) is 9.23 Å². The number of rotatable bonds is 2. The second-order valence-electron chi connectivity index (χ2n) is 1.70. The van der Waals surface area contributed by atoms with Gasteiger partial charge in [-0.05, 0) is 24.3 Å². The van der Waals surface area contributed by atoms with Gasteiger partial charge in [0.2, 0.25) is 0 Å². The summed E-state index contributed by atoms with van der Waals surface area (Å²) in [7, 11) is 1.66. The lowest BCUT2D eigenvalue weighted by Gasteiger charge is -1.95. The summed E-state index contributed by atoms with van der Waals surface area (Å²) < 4.78 is 5.96. The standard InChI is InChI=1S/C7H7BrOS/c1-9-10-7-4-2-6(8)3-5-7/h2-5H,1H3. The summed E-state index contributed by atoms with van der Waals surface area (Å²) in [6, 6.07) is 7.97. The zero-order valence-electron chi connectivity index (χ0n) is 5.50. The molecule has 1 aromatic carbocycles. The SMILES string of the molecule is COSc1ccc(Br)cc1. The molecular formula is C7H7BrOS. The molecule has 1 nitrogen and oxygen atoms in total. The van der Waals surface area contributed by atoms with E-state index in [4.69, 9.17) is 4.18 Å². The van der Waals surface area contributed by atoms with E-state index in [9.17, 15) is 0 Å². The summed E-state index contributed by atoms with van der Waals surface area (Å²) in [4.78, 5) is 1.12. The molecule has 0 saturated heterocycles. The molecule has 0 bridgehead atoms. The van der Waals surface area contributed by atoms with Gasteiger partial charge in [-0.3, -0.25) is 0 Å². The first-order valence-electron chi connectivity index (χ1n) is 2.79. The van der Waals surface area contributed by atoms with Crippen molar-refractivity contribution < 1.29 is 4.18 Å². The van der Waals surface area contributed by atoms with Gasteiger partial charge in [-0.2, -0.15) is 0 Å². The van der Waals surface area contributed by atoms with Crippen LogP contribution >= 0.6 is 28.0 Å². The van der Waals surface area contributed by atoms with Gasteiger partial charge >= 0.3 is 0 Å². The first-order valence-corrected chi connectivity index (χ1v) is 4.32. The smallest absolute Gasteiger partial charge is 0.0508 e. The Kier molecular flexibility index (Phi) is 3.25. The Morgan fingerprint density at radius 3 is 2.40 bits per heavy atom. The van der Waals surface area contributed by atoms with Gasteiger partial charge in [0, 0.05) is 21.4 Å². The van der Waals surface area contributed by atoms with Crippen molar-refractivity contribution in [2.45, 2.75) is 4.90 Å². The Labute approximate surface area is 73.1 Å². The molecule has 0 aliphatic carbocycles. The van der Waals surface area contributed by atoms with Crippen molar-refractivity contribution in [2.75, 3.05) is 7.11 Å². The summed E-state index contributed by atoms with van der Waals surface area (Å²) >= 11 is 4.71. The molecule has 3 heteroatoms. The van der Waals surface area contributed by atoms with Crippen LogP contribution in [0.15, 0.2) is 33.6 Å². The van der Waals surface area contributed by atoms with Gasteiger partial charge in [-0.25, -0.2) is 0 Å². The van der Waals surface area contributed by atoms with Gasteiger partial charge in [0.05, 0.1) is 7.11 Å². The van der Waals surface area contributed by atoms with Crippen molar-refractivity contribution >= 4 is 28.0 Å². The molecule has 0 aliphatic rings. The highest BCUT2D eigenvalue weighted by Crippen LogP contribution is 2.19. The van der Waals surface area contributed by atoms with Crippen LogP contribution in [0.4, 0.5) is 0 Å². The van der Waals surface area contributed by atoms with Crippen LogP contribution < -0.4 is 0 Å². The second-order valence-corrected chi connectivity index (χ2v) is 3.59. The molecule has 0 aliphatic heterocycles. The molecular weight excluding hydrogens is 212 g/mol. The van der Waals surface area contributed by atoms with Gasteiger partial charge in [-0.1, -0.05) is 15.9 Å². The zero-order valence-corrected chi connectivity index (χ0v) is 7.91. The lowest BCUT2D eigenvalue weighted by molar-refractivity contribution is 0.490. The molecule has 0 aromatic heterocycles. The fourth-order valence-corrected chi connectivity index (χ4v) is 1.29. The van der Waals surface area contributed by atoms with Crippen LogP contribution in [0.1, 0.15) is 0 Å². The van der Waals surface area contributed by atoms with Gasteiger partial charge in [0.25, 0.3) is 0 Å². The average molecular weight is 219 g/mol. The third-order valence-corrected chi connectivity index (χ3v) is 2.15. The minimum absolute atomic E-state index is 1.09. The summed E-state index contributed by atoms with van der Waals surface area (Å²) in [5.74, 6) is 0. The van der Waals surface area contributed by atoms with Crippen LogP contribution in [-0.4, -0.2) is 7.11 Å². The van der Waals surface area contributed by atoms with Crippen LogP contribution in [-0.2, 0) is 4.18 Å². The summed E-state index contributed by atoms with van der Waals surface area (Å²) in [6.45, 7) is 0. The van der Waals surface area contributed by atoms with E-state index in [2.05, 4.69) is 15.9 Å². The first kappa shape index (κ1) is 8.11. The lowest BCUT2D eigenvalue weighted by Crippen LogP contribution is -1.70. The Morgan fingerprint density at radius 2 is 1.90 bits per heavy atom. The highest BCUT2D eigenvalue weighted by molar-refractivity contribution is 9.10. The zero-order chi connectivity index (χ0) is 7.40. The van der Waals surface area contributed by atoms with Crippen molar-refractivity contribution in [3.8, 4) is 0 Å². The molecule has 10 heavy (non-hydrogen) atoms. The van der Waals surface area contributed by atoms with Crippen molar-refractivity contribution in [1.29, 1.82) is 0 Å². The molecule has 0 saturated carbocycles. The lowest BCUT2D eigenvalue weighted by atomic mass is 10.4. The van der Waals surface area contributed by atoms with E-state index >= 15 is 0 Å². The molecule has 0 heterocycles. The maximum absolute atomic E-state index is 4.87. The highest BCUT2D eigenvalue weighted by Gasteiger charge is 1.90. The Balaban J connectivity index is 2.69. The van der Waals surface area contributed by atoms with Gasteiger partial charge in [-0.15, -0.1) is 0 Å². The van der Waals surface area contributed by atoms with Crippen LogP contribution in [0.2, 0.25) is 0 Å². The maximum Gasteiger partial charge on any atom is 0.0508 e. The van der Waals surface area contributed by atoms with Crippen LogP contribution in [0, 0.1) is 0 Å². The van der Waals surface area contributed by atoms with Crippen LogP contribution in [0.5, 0.6) is 0 Å². The third kappa shape index (κ3) is 2.33. The van der Waals surface area contributed by atoms with E-state index < -0.39 is 0 Å². The molecule has 1 rings (SSSR count). The summed E-state index contributed by atoms with van der Waals surface area (Å²) in [5, 5.41) is 0. The molecule has 0 unspecified atom stereocenters. The second kappa shape index (κ2) is 4.01. The Hall–Kier alpha value is 0.01000. The number of benzene rings is 1. The van der Waals surface area contributed by atoms with Crippen molar-refractivity contribution in [2.24, 2.45) is 0 Å². The van der Waals surface area contributed by atoms with E-state index in [1.807, 2.05) is 24.3 Å². The normalized spacial score (nSPS) is 9.80. The Morgan fingerprint density at radius 1 is 1.30 bits per heavy atom. The average Bonchev–Trinajstić information content (AvgIpc) is 1.95. The molecule has 0 atom stereocenters. The fourth-order valence-electron chi connectivity index (χ4n) is 0.586. The van der Waals surface area contributed by atoms with E-state index in [0.717, 1.165) is 9.37 Å². The monoisotopic (exact) mass is 218 g/mol. The summed E-state index contributed by atoms with van der Waals surface area (Å²) in [5.41, 5.74) is 0. The third-order valence-electron chi connectivity index (χ3n) is 0.993. The number of hydrogen-bond acceptors (Lipinski definition) is 2. The van der Waals surface area contributed by atoms with E-state index in [-0.39, 0.29) is 0 Å². The van der Waals surface area contributed by atoms with Gasteiger partial charge < -0.3 is 4.18 Å². The number of hydrogen-bond donors (Lipinski definition) is 0. The van der Waals surface area contributed by atoms with Gasteiger partial charge in [0.1, 0.15) is 0 Å².